The molecule has 2 aromatic carbocycles. The molecule has 35 heavy (non-hydrogen) atoms. The van der Waals surface area contributed by atoms with E-state index < -0.39 is 0 Å². The SMILES string of the molecule is Cc1cc(-c2nc(-c3ccccn3)nc(-c3ccccn3)n2)ccc1-c1cncc2ccccc12. The van der Waals surface area contributed by atoms with Crippen LogP contribution in [0.5, 0.6) is 0 Å². The molecule has 0 saturated heterocycles. The lowest BCUT2D eigenvalue weighted by molar-refractivity contribution is 1.05. The van der Waals surface area contributed by atoms with Gasteiger partial charge in [-0.3, -0.25) is 15.0 Å². The van der Waals surface area contributed by atoms with Gasteiger partial charge >= 0.3 is 0 Å². The van der Waals surface area contributed by atoms with Gasteiger partial charge in [0.05, 0.1) is 0 Å². The third-order valence-corrected chi connectivity index (χ3v) is 5.87. The average Bonchev–Trinajstić information content (AvgIpc) is 2.93. The fourth-order valence-corrected chi connectivity index (χ4v) is 4.16. The number of benzene rings is 2. The molecule has 6 rings (SSSR count). The van der Waals surface area contributed by atoms with Crippen LogP contribution in [0.15, 0.2) is 104 Å². The second-order valence-electron chi connectivity index (χ2n) is 8.17. The van der Waals surface area contributed by atoms with Gasteiger partial charge in [0, 0.05) is 41.3 Å². The van der Waals surface area contributed by atoms with E-state index in [4.69, 9.17) is 9.97 Å². The lowest BCUT2D eigenvalue weighted by Crippen LogP contribution is -2.02. The maximum absolute atomic E-state index is 4.77. The monoisotopic (exact) mass is 452 g/mol. The normalized spacial score (nSPS) is 11.0. The number of aryl methyl sites for hydroxylation is 1. The Morgan fingerprint density at radius 3 is 1.89 bits per heavy atom. The highest BCUT2D eigenvalue weighted by molar-refractivity contribution is 5.96. The van der Waals surface area contributed by atoms with Crippen LogP contribution in [-0.2, 0) is 0 Å². The molecule has 6 nitrogen and oxygen atoms in total. The van der Waals surface area contributed by atoms with Crippen molar-refractivity contribution < 1.29 is 0 Å². The molecule has 0 unspecified atom stereocenters. The first kappa shape index (κ1) is 20.7. The van der Waals surface area contributed by atoms with Crippen LogP contribution in [0.3, 0.4) is 0 Å². The third-order valence-electron chi connectivity index (χ3n) is 5.87. The molecule has 0 aliphatic carbocycles. The fourth-order valence-electron chi connectivity index (χ4n) is 4.16. The van der Waals surface area contributed by atoms with Crippen molar-refractivity contribution in [2.75, 3.05) is 0 Å². The Kier molecular flexibility index (Phi) is 5.24. The summed E-state index contributed by atoms with van der Waals surface area (Å²) < 4.78 is 0. The third kappa shape index (κ3) is 4.02. The van der Waals surface area contributed by atoms with Gasteiger partial charge in [0.25, 0.3) is 0 Å². The number of rotatable bonds is 4. The molecule has 0 aliphatic rings. The van der Waals surface area contributed by atoms with E-state index in [1.165, 1.54) is 5.39 Å². The molecule has 0 amide bonds. The van der Waals surface area contributed by atoms with Crippen molar-refractivity contribution in [1.29, 1.82) is 0 Å². The molecule has 6 aromatic rings. The predicted molar refractivity (Wildman–Crippen MR) is 137 cm³/mol. The summed E-state index contributed by atoms with van der Waals surface area (Å²) in [5, 5.41) is 2.29. The Hall–Kier alpha value is -4.84. The van der Waals surface area contributed by atoms with Gasteiger partial charge in [0.15, 0.2) is 17.5 Å². The Balaban J connectivity index is 1.49. The summed E-state index contributed by atoms with van der Waals surface area (Å²) in [4.78, 5) is 27.5. The van der Waals surface area contributed by atoms with E-state index in [2.05, 4.69) is 57.2 Å². The topological polar surface area (TPSA) is 77.3 Å². The van der Waals surface area contributed by atoms with Crippen molar-refractivity contribution in [3.63, 3.8) is 0 Å². The number of hydrogen-bond acceptors (Lipinski definition) is 6. The molecule has 6 heteroatoms. The summed E-state index contributed by atoms with van der Waals surface area (Å²) in [5.74, 6) is 1.60. The minimum atomic E-state index is 0.510. The molecular formula is C29H20N6. The van der Waals surface area contributed by atoms with Crippen molar-refractivity contribution in [1.82, 2.24) is 29.9 Å². The van der Waals surface area contributed by atoms with Gasteiger partial charge in [-0.25, -0.2) is 15.0 Å². The summed E-state index contributed by atoms with van der Waals surface area (Å²) >= 11 is 0. The quantitative estimate of drug-likeness (QED) is 0.318. The molecule has 0 fully saturated rings. The number of nitrogens with zero attached hydrogens (tertiary/aromatic N) is 6. The molecule has 0 N–H and O–H groups in total. The van der Waals surface area contributed by atoms with Gasteiger partial charge < -0.3 is 0 Å². The van der Waals surface area contributed by atoms with E-state index in [1.54, 1.807) is 12.4 Å². The summed E-state index contributed by atoms with van der Waals surface area (Å²) in [7, 11) is 0. The minimum absolute atomic E-state index is 0.510. The Morgan fingerprint density at radius 2 is 1.23 bits per heavy atom. The summed E-state index contributed by atoms with van der Waals surface area (Å²) in [6.45, 7) is 2.10. The van der Waals surface area contributed by atoms with Crippen LogP contribution < -0.4 is 0 Å². The van der Waals surface area contributed by atoms with Gasteiger partial charge in [-0.1, -0.05) is 48.5 Å². The Labute approximate surface area is 202 Å². The van der Waals surface area contributed by atoms with Crippen molar-refractivity contribution >= 4 is 10.8 Å². The fraction of sp³-hybridized carbons (Fsp3) is 0.0345. The second kappa shape index (κ2) is 8.83. The second-order valence-corrected chi connectivity index (χ2v) is 8.17. The van der Waals surface area contributed by atoms with Crippen molar-refractivity contribution in [2.45, 2.75) is 6.92 Å². The molecule has 0 aliphatic heterocycles. The van der Waals surface area contributed by atoms with Crippen LogP contribution in [-0.4, -0.2) is 29.9 Å². The smallest absolute Gasteiger partial charge is 0.182 e. The number of aromatic nitrogens is 6. The summed E-state index contributed by atoms with van der Waals surface area (Å²) in [6, 6.07) is 25.9. The first-order valence-corrected chi connectivity index (χ1v) is 11.3. The molecule has 0 atom stereocenters. The van der Waals surface area contributed by atoms with Gasteiger partial charge in [-0.05, 0) is 53.8 Å². The lowest BCUT2D eigenvalue weighted by atomic mass is 9.95. The molecular weight excluding hydrogens is 432 g/mol. The van der Waals surface area contributed by atoms with Crippen molar-refractivity contribution in [3.05, 3.63) is 109 Å². The molecule has 4 aromatic heterocycles. The van der Waals surface area contributed by atoms with Crippen LogP contribution in [0.25, 0.3) is 56.3 Å². The molecule has 0 saturated carbocycles. The van der Waals surface area contributed by atoms with E-state index in [0.29, 0.717) is 28.9 Å². The Morgan fingerprint density at radius 1 is 0.571 bits per heavy atom. The molecule has 166 valence electrons. The molecule has 4 heterocycles. The lowest BCUT2D eigenvalue weighted by Gasteiger charge is -2.12. The zero-order valence-corrected chi connectivity index (χ0v) is 19.0. The van der Waals surface area contributed by atoms with Gasteiger partial charge in [-0.15, -0.1) is 0 Å². The van der Waals surface area contributed by atoms with Crippen LogP contribution >= 0.6 is 0 Å². The predicted octanol–water partition coefficient (Wildman–Crippen LogP) is 6.19. The van der Waals surface area contributed by atoms with Crippen molar-refractivity contribution in [2.24, 2.45) is 0 Å². The molecule has 0 spiro atoms. The van der Waals surface area contributed by atoms with Gasteiger partial charge in [0.1, 0.15) is 11.4 Å². The van der Waals surface area contributed by atoms with E-state index in [0.717, 1.165) is 27.6 Å². The maximum Gasteiger partial charge on any atom is 0.182 e. The van der Waals surface area contributed by atoms with E-state index in [1.807, 2.05) is 60.9 Å². The molecule has 0 radical (unpaired) electrons. The number of pyridine rings is 3. The highest BCUT2D eigenvalue weighted by Crippen LogP contribution is 2.32. The Bertz CT molecular complexity index is 1590. The zero-order valence-electron chi connectivity index (χ0n) is 19.0. The maximum atomic E-state index is 4.77. The van der Waals surface area contributed by atoms with Crippen LogP contribution in [0.1, 0.15) is 5.56 Å². The average molecular weight is 453 g/mol. The van der Waals surface area contributed by atoms with Crippen LogP contribution in [0, 0.1) is 6.92 Å². The highest BCUT2D eigenvalue weighted by Gasteiger charge is 2.15. The van der Waals surface area contributed by atoms with E-state index in [9.17, 15) is 0 Å². The first-order chi connectivity index (χ1) is 17.3. The highest BCUT2D eigenvalue weighted by atomic mass is 15.1. The standard InChI is InChI=1S/C29H20N6/c1-19-16-20(12-13-22(19)24-18-30-17-21-8-2-3-9-23(21)24)27-33-28(25-10-4-6-14-31-25)35-29(34-27)26-11-5-7-15-32-26/h2-18H,1H3. The zero-order chi connectivity index (χ0) is 23.6. The largest absolute Gasteiger partial charge is 0.263 e. The van der Waals surface area contributed by atoms with Crippen molar-refractivity contribution in [3.8, 4) is 45.6 Å². The van der Waals surface area contributed by atoms with Gasteiger partial charge in [0.2, 0.25) is 0 Å². The van der Waals surface area contributed by atoms with Crippen LogP contribution in [0.4, 0.5) is 0 Å². The molecule has 0 bridgehead atoms. The summed E-state index contributed by atoms with van der Waals surface area (Å²) in [5.41, 5.74) is 5.61. The summed E-state index contributed by atoms with van der Waals surface area (Å²) in [6.07, 6.45) is 7.28. The van der Waals surface area contributed by atoms with E-state index >= 15 is 0 Å². The van der Waals surface area contributed by atoms with Crippen LogP contribution in [0.2, 0.25) is 0 Å². The van der Waals surface area contributed by atoms with E-state index in [-0.39, 0.29) is 0 Å². The number of fused-ring (bicyclic) bond motifs is 1. The van der Waals surface area contributed by atoms with Gasteiger partial charge in [-0.2, -0.15) is 0 Å². The first-order valence-electron chi connectivity index (χ1n) is 11.3. The minimum Gasteiger partial charge on any atom is -0.263 e. The number of hydrogen-bond donors (Lipinski definition) is 0.